The number of hydrogen-bond donors (Lipinski definition) is 0. The maximum absolute atomic E-state index is 13.5. The summed E-state index contributed by atoms with van der Waals surface area (Å²) in [4.78, 5) is 16.5. The van der Waals surface area contributed by atoms with E-state index in [1.165, 1.54) is 39.0 Å². The van der Waals surface area contributed by atoms with Gasteiger partial charge in [0.15, 0.2) is 43.0 Å². The molecule has 4 aromatic heterocycles. The first-order valence-corrected chi connectivity index (χ1v) is 25.5. The van der Waals surface area contributed by atoms with Gasteiger partial charge in [0.05, 0.1) is 98.7 Å². The third-order valence-electron chi connectivity index (χ3n) is 10.9. The lowest BCUT2D eigenvalue weighted by atomic mass is 10.2. The first-order chi connectivity index (χ1) is 32.6. The molecule has 2 saturated heterocycles. The second-order valence-corrected chi connectivity index (χ2v) is 21.1. The molecule has 6 rings (SSSR count). The summed E-state index contributed by atoms with van der Waals surface area (Å²) in [6.07, 6.45) is 2.80. The molecule has 0 aromatic carbocycles. The Bertz CT molecular complexity index is 2180. The van der Waals surface area contributed by atoms with Crippen molar-refractivity contribution in [3.63, 3.8) is 0 Å². The molecule has 6 heterocycles. The minimum atomic E-state index is -3.80. The molecule has 28 heteroatoms. The number of rotatable bonds is 24. The molecule has 0 spiro atoms. The van der Waals surface area contributed by atoms with Gasteiger partial charge in [0.2, 0.25) is 0 Å². The first kappa shape index (κ1) is 55.4. The molecule has 2 fully saturated rings. The average molecular weight is 1040 g/mol. The quantitative estimate of drug-likeness (QED) is 0.0975. The van der Waals surface area contributed by atoms with Crippen molar-refractivity contribution in [2.24, 2.45) is 0 Å². The predicted molar refractivity (Wildman–Crippen MR) is 242 cm³/mol. The number of sulfone groups is 2. The lowest BCUT2D eigenvalue weighted by molar-refractivity contribution is -0.0958. The molecule has 0 radical (unpaired) electrons. The lowest BCUT2D eigenvalue weighted by Gasteiger charge is -2.27. The van der Waals surface area contributed by atoms with Gasteiger partial charge in [-0.2, -0.15) is 0 Å². The topological polar surface area (TPSA) is 274 Å². The van der Waals surface area contributed by atoms with E-state index in [0.717, 1.165) is 0 Å². The van der Waals surface area contributed by atoms with Gasteiger partial charge in [-0.25, -0.2) is 36.8 Å². The Labute approximate surface area is 405 Å². The van der Waals surface area contributed by atoms with Crippen molar-refractivity contribution >= 4 is 42.9 Å². The Morgan fingerprint density at radius 2 is 0.912 bits per heavy atom. The van der Waals surface area contributed by atoms with Gasteiger partial charge >= 0.3 is 0 Å². The van der Waals surface area contributed by atoms with Gasteiger partial charge in [0.1, 0.15) is 47.6 Å². The van der Waals surface area contributed by atoms with E-state index in [4.69, 9.17) is 70.6 Å². The zero-order valence-corrected chi connectivity index (χ0v) is 42.3. The molecule has 68 heavy (non-hydrogen) atoms. The van der Waals surface area contributed by atoms with E-state index in [1.54, 1.807) is 51.4 Å². The molecule has 4 aromatic rings. The number of nitrogens with zero attached hydrogens (tertiary/aromatic N) is 10. The number of hydrogen-bond acceptors (Lipinski definition) is 22. The Morgan fingerprint density at radius 3 is 1.19 bits per heavy atom. The molecule has 0 saturated carbocycles. The van der Waals surface area contributed by atoms with Crippen LogP contribution in [0.1, 0.15) is 85.3 Å². The second kappa shape index (κ2) is 26.7. The highest BCUT2D eigenvalue weighted by Gasteiger charge is 2.38. The molecule has 24 nitrogen and oxygen atoms in total. The van der Waals surface area contributed by atoms with Crippen LogP contribution in [0.3, 0.4) is 0 Å². The molecule has 380 valence electrons. The standard InChI is InChI=1S/2C20H30ClN5O7S/c2*1-13(18(31-4)19-22-7-14(21)8-23-19)34(27,28)12-17-24-25-20(16-11-32-5-6-33-16)26(17)15(9-29-2)10-30-3/h2*7-8,13,15-16,18H,5-6,9-12H2,1-4H3/t13-,16+,18-;13-,16-,18-/m00/s1. The van der Waals surface area contributed by atoms with Crippen LogP contribution in [0.25, 0.3) is 0 Å². The van der Waals surface area contributed by atoms with Crippen molar-refractivity contribution < 1.29 is 64.2 Å². The maximum atomic E-state index is 13.5. The van der Waals surface area contributed by atoms with Crippen molar-refractivity contribution in [3.8, 4) is 0 Å². The fraction of sp³-hybridized carbons (Fsp3) is 0.700. The number of methoxy groups -OCH3 is 6. The summed E-state index contributed by atoms with van der Waals surface area (Å²) in [7, 11) is 1.43. The van der Waals surface area contributed by atoms with E-state index >= 15 is 0 Å². The SMILES string of the molecule is COCC(COC)n1c(CS(=O)(=O)[C@@H](C)[C@H](OC)c2ncc(Cl)cn2)nnc1[C@@H]1COCCO1.COCC(COC)n1c(CS(=O)(=O)[C@@H](C)[C@H](OC)c2ncc(Cl)cn2)nnc1[C@H]1COCCO1. The Morgan fingerprint density at radius 1 is 0.574 bits per heavy atom. The molecule has 2 aliphatic heterocycles. The summed E-state index contributed by atoms with van der Waals surface area (Å²) in [5.74, 6) is 1.04. The zero-order chi connectivity index (χ0) is 49.4. The Kier molecular flexibility index (Phi) is 21.7. The highest BCUT2D eigenvalue weighted by atomic mass is 35.5. The normalized spacial score (nSPS) is 18.8. The van der Waals surface area contributed by atoms with Crippen molar-refractivity contribution in [1.29, 1.82) is 0 Å². The van der Waals surface area contributed by atoms with E-state index in [9.17, 15) is 16.8 Å². The predicted octanol–water partition coefficient (Wildman–Crippen LogP) is 2.67. The van der Waals surface area contributed by atoms with Crippen LogP contribution >= 0.6 is 23.2 Å². The molecule has 6 atom stereocenters. The molecule has 2 aliphatic rings. The highest BCUT2D eigenvalue weighted by Crippen LogP contribution is 2.31. The summed E-state index contributed by atoms with van der Waals surface area (Å²) >= 11 is 11.7. The fourth-order valence-electron chi connectivity index (χ4n) is 7.50. The van der Waals surface area contributed by atoms with Crippen LogP contribution in [-0.4, -0.2) is 186 Å². The third-order valence-corrected chi connectivity index (χ3v) is 15.4. The van der Waals surface area contributed by atoms with Gasteiger partial charge < -0.3 is 56.5 Å². The summed E-state index contributed by atoms with van der Waals surface area (Å²) in [6, 6.07) is -0.743. The first-order valence-electron chi connectivity index (χ1n) is 21.3. The van der Waals surface area contributed by atoms with E-state index in [-0.39, 0.29) is 75.0 Å². The van der Waals surface area contributed by atoms with Crippen molar-refractivity contribution in [3.05, 3.63) is 69.8 Å². The summed E-state index contributed by atoms with van der Waals surface area (Å²) < 4.78 is 112. The molecule has 0 aliphatic carbocycles. The minimum Gasteiger partial charge on any atom is -0.382 e. The van der Waals surface area contributed by atoms with Crippen LogP contribution in [-0.2, 0) is 78.5 Å². The fourth-order valence-corrected chi connectivity index (χ4v) is 10.5. The van der Waals surface area contributed by atoms with Crippen molar-refractivity contribution in [1.82, 2.24) is 49.5 Å². The monoisotopic (exact) mass is 1040 g/mol. The summed E-state index contributed by atoms with van der Waals surface area (Å²) in [5.41, 5.74) is 0. The molecular weight excluding hydrogens is 980 g/mol. The van der Waals surface area contributed by atoms with Gasteiger partial charge in [-0.1, -0.05) is 23.2 Å². The van der Waals surface area contributed by atoms with Gasteiger partial charge in [0.25, 0.3) is 0 Å². The van der Waals surface area contributed by atoms with Crippen LogP contribution in [0.4, 0.5) is 0 Å². The molecule has 0 N–H and O–H groups in total. The average Bonchev–Trinajstić information content (AvgIpc) is 3.94. The van der Waals surface area contributed by atoms with Crippen LogP contribution < -0.4 is 0 Å². The van der Waals surface area contributed by atoms with Gasteiger partial charge in [0, 0.05) is 67.4 Å². The summed E-state index contributed by atoms with van der Waals surface area (Å²) in [5, 5.41) is 15.7. The van der Waals surface area contributed by atoms with Crippen LogP contribution in [0.5, 0.6) is 0 Å². The number of ether oxygens (including phenoxy) is 10. The molecule has 0 unspecified atom stereocenters. The zero-order valence-electron chi connectivity index (χ0n) is 39.2. The van der Waals surface area contributed by atoms with E-state index in [2.05, 4.69) is 40.3 Å². The van der Waals surface area contributed by atoms with Crippen molar-refractivity contribution in [2.75, 3.05) is 109 Å². The van der Waals surface area contributed by atoms with E-state index in [1.807, 2.05) is 0 Å². The third kappa shape index (κ3) is 14.3. The molecule has 0 amide bonds. The van der Waals surface area contributed by atoms with E-state index < -0.39 is 66.1 Å². The lowest BCUT2D eigenvalue weighted by Crippen LogP contribution is -2.32. The van der Waals surface area contributed by atoms with Gasteiger partial charge in [-0.05, 0) is 13.8 Å². The van der Waals surface area contributed by atoms with Crippen LogP contribution in [0.2, 0.25) is 10.0 Å². The number of halogens is 2. The Hall–Kier alpha value is -3.48. The van der Waals surface area contributed by atoms with Crippen molar-refractivity contribution in [2.45, 2.75) is 72.4 Å². The molecular formula is C40H60Cl2N10O14S2. The smallest absolute Gasteiger partial charge is 0.165 e. The molecule has 0 bridgehead atoms. The Balaban J connectivity index is 0.000000254. The minimum absolute atomic E-state index is 0.217. The van der Waals surface area contributed by atoms with Crippen LogP contribution in [0, 0.1) is 0 Å². The second-order valence-electron chi connectivity index (χ2n) is 15.5. The maximum Gasteiger partial charge on any atom is 0.165 e. The summed E-state index contributed by atoms with van der Waals surface area (Å²) in [6.45, 7) is 6.46. The largest absolute Gasteiger partial charge is 0.382 e. The number of aromatic nitrogens is 10. The highest BCUT2D eigenvalue weighted by molar-refractivity contribution is 7.91. The van der Waals surface area contributed by atoms with E-state index in [0.29, 0.717) is 48.1 Å². The van der Waals surface area contributed by atoms with Gasteiger partial charge in [-0.15, -0.1) is 20.4 Å². The van der Waals surface area contributed by atoms with Gasteiger partial charge in [-0.3, -0.25) is 0 Å². The van der Waals surface area contributed by atoms with Crippen LogP contribution in [0.15, 0.2) is 24.8 Å².